The maximum absolute atomic E-state index is 10.4. The van der Waals surface area contributed by atoms with Gasteiger partial charge in [-0.15, -0.1) is 0 Å². The molecule has 3 unspecified atom stereocenters. The van der Waals surface area contributed by atoms with E-state index >= 15 is 0 Å². The van der Waals surface area contributed by atoms with Gasteiger partial charge in [-0.25, -0.2) is 0 Å². The first-order valence-electron chi connectivity index (χ1n) is 6.95. The van der Waals surface area contributed by atoms with Gasteiger partial charge in [0.15, 0.2) is 0 Å². The number of hydrogen-bond donors (Lipinski definition) is 1. The molecule has 0 aromatic carbocycles. The quantitative estimate of drug-likeness (QED) is 0.688. The number of aliphatic hydroxyl groups excluding tert-OH is 1. The fourth-order valence-electron chi connectivity index (χ4n) is 3.60. The fourth-order valence-corrected chi connectivity index (χ4v) is 3.60. The molecule has 0 radical (unpaired) electrons. The molecule has 2 aliphatic rings. The van der Waals surface area contributed by atoms with Crippen LogP contribution in [-0.4, -0.2) is 11.2 Å². The van der Waals surface area contributed by atoms with Crippen molar-refractivity contribution in [3.05, 3.63) is 0 Å². The first kappa shape index (κ1) is 11.4. The predicted octanol–water partition coefficient (Wildman–Crippen LogP) is 3.75. The third kappa shape index (κ3) is 2.96. The summed E-state index contributed by atoms with van der Waals surface area (Å²) in [6.07, 6.45) is 12.0. The molecule has 1 heteroatoms. The van der Waals surface area contributed by atoms with Crippen molar-refractivity contribution in [3.8, 4) is 0 Å². The Morgan fingerprint density at radius 2 is 1.53 bits per heavy atom. The predicted molar refractivity (Wildman–Crippen MR) is 63.7 cm³/mol. The van der Waals surface area contributed by atoms with E-state index in [1.54, 1.807) is 0 Å². The summed E-state index contributed by atoms with van der Waals surface area (Å²) in [5.74, 6) is 2.11. The zero-order valence-electron chi connectivity index (χ0n) is 10.1. The summed E-state index contributed by atoms with van der Waals surface area (Å²) in [4.78, 5) is 0. The molecule has 3 atom stereocenters. The second kappa shape index (κ2) is 5.34. The van der Waals surface area contributed by atoms with Gasteiger partial charge in [0.1, 0.15) is 0 Å². The Labute approximate surface area is 94.3 Å². The molecule has 2 aliphatic carbocycles. The van der Waals surface area contributed by atoms with E-state index in [0.717, 1.165) is 5.92 Å². The Balaban J connectivity index is 1.85. The molecule has 15 heavy (non-hydrogen) atoms. The number of hydrogen-bond acceptors (Lipinski definition) is 1. The Kier molecular flexibility index (Phi) is 4.07. The summed E-state index contributed by atoms with van der Waals surface area (Å²) in [7, 11) is 0. The van der Waals surface area contributed by atoms with Crippen LogP contribution in [0.25, 0.3) is 0 Å². The van der Waals surface area contributed by atoms with Gasteiger partial charge in [0, 0.05) is 0 Å². The van der Waals surface area contributed by atoms with Crippen molar-refractivity contribution in [2.24, 2.45) is 17.8 Å². The van der Waals surface area contributed by atoms with Gasteiger partial charge in [-0.2, -0.15) is 0 Å². The summed E-state index contributed by atoms with van der Waals surface area (Å²) >= 11 is 0. The smallest absolute Gasteiger partial charge is 0.0596 e. The van der Waals surface area contributed by atoms with Crippen molar-refractivity contribution in [1.29, 1.82) is 0 Å². The van der Waals surface area contributed by atoms with Gasteiger partial charge in [0.25, 0.3) is 0 Å². The number of aliphatic hydroxyl groups is 1. The van der Waals surface area contributed by atoms with Crippen molar-refractivity contribution >= 4 is 0 Å². The van der Waals surface area contributed by atoms with E-state index < -0.39 is 0 Å². The van der Waals surface area contributed by atoms with Crippen molar-refractivity contribution < 1.29 is 5.11 Å². The lowest BCUT2D eigenvalue weighted by Gasteiger charge is -2.26. The normalized spacial score (nSPS) is 36.4. The zero-order chi connectivity index (χ0) is 10.7. The van der Waals surface area contributed by atoms with Gasteiger partial charge in [-0.1, -0.05) is 39.0 Å². The summed E-state index contributed by atoms with van der Waals surface area (Å²) in [6, 6.07) is 0. The zero-order valence-corrected chi connectivity index (χ0v) is 10.1. The van der Waals surface area contributed by atoms with Gasteiger partial charge < -0.3 is 5.11 Å². The fraction of sp³-hybridized carbons (Fsp3) is 1.00. The van der Waals surface area contributed by atoms with Crippen LogP contribution in [0.3, 0.4) is 0 Å². The van der Waals surface area contributed by atoms with E-state index in [1.807, 2.05) is 0 Å². The molecule has 88 valence electrons. The second-order valence-corrected chi connectivity index (χ2v) is 5.92. The molecule has 2 saturated carbocycles. The average molecular weight is 210 g/mol. The Morgan fingerprint density at radius 3 is 2.07 bits per heavy atom. The van der Waals surface area contributed by atoms with Crippen LogP contribution in [0.5, 0.6) is 0 Å². The molecule has 0 aromatic rings. The van der Waals surface area contributed by atoms with Crippen LogP contribution in [0.1, 0.15) is 64.7 Å². The van der Waals surface area contributed by atoms with Crippen LogP contribution in [0.15, 0.2) is 0 Å². The third-order valence-corrected chi connectivity index (χ3v) is 4.60. The highest BCUT2D eigenvalue weighted by molar-refractivity contribution is 4.83. The molecule has 1 nitrogen and oxygen atoms in total. The largest absolute Gasteiger partial charge is 0.393 e. The topological polar surface area (TPSA) is 20.2 Å². The minimum atomic E-state index is 0.0213. The van der Waals surface area contributed by atoms with Crippen molar-refractivity contribution in [2.75, 3.05) is 0 Å². The SMILES string of the molecule is CC1CCC(C(O)C2CCCCCC2)C1. The first-order chi connectivity index (χ1) is 7.27. The minimum absolute atomic E-state index is 0.0213. The lowest BCUT2D eigenvalue weighted by Crippen LogP contribution is -2.27. The van der Waals surface area contributed by atoms with E-state index in [1.165, 1.54) is 57.8 Å². The molecule has 0 bridgehead atoms. The van der Waals surface area contributed by atoms with Crippen molar-refractivity contribution in [2.45, 2.75) is 70.8 Å². The lowest BCUT2D eigenvalue weighted by atomic mass is 9.84. The maximum atomic E-state index is 10.4. The average Bonchev–Trinajstić information content (AvgIpc) is 2.53. The van der Waals surface area contributed by atoms with Crippen LogP contribution >= 0.6 is 0 Å². The molecule has 0 saturated heterocycles. The maximum Gasteiger partial charge on any atom is 0.0596 e. The van der Waals surface area contributed by atoms with Crippen LogP contribution in [0, 0.1) is 17.8 Å². The molecule has 0 amide bonds. The summed E-state index contributed by atoms with van der Waals surface area (Å²) in [5, 5.41) is 10.4. The van der Waals surface area contributed by atoms with E-state index in [4.69, 9.17) is 0 Å². The minimum Gasteiger partial charge on any atom is -0.393 e. The first-order valence-corrected chi connectivity index (χ1v) is 6.95. The van der Waals surface area contributed by atoms with Crippen molar-refractivity contribution in [3.63, 3.8) is 0 Å². The molecule has 0 spiro atoms. The molecular weight excluding hydrogens is 184 g/mol. The van der Waals surface area contributed by atoms with Crippen LogP contribution in [0.4, 0.5) is 0 Å². The Morgan fingerprint density at radius 1 is 0.867 bits per heavy atom. The standard InChI is InChI=1S/C14H26O/c1-11-8-9-13(10-11)14(15)12-6-4-2-3-5-7-12/h11-15H,2-10H2,1H3. The lowest BCUT2D eigenvalue weighted by molar-refractivity contribution is 0.0442. The Bertz CT molecular complexity index is 182. The molecule has 0 aromatic heterocycles. The third-order valence-electron chi connectivity index (χ3n) is 4.60. The molecule has 2 fully saturated rings. The highest BCUT2D eigenvalue weighted by atomic mass is 16.3. The summed E-state index contributed by atoms with van der Waals surface area (Å²) < 4.78 is 0. The van der Waals surface area contributed by atoms with E-state index in [2.05, 4.69) is 6.92 Å². The molecule has 2 rings (SSSR count). The van der Waals surface area contributed by atoms with Crippen LogP contribution < -0.4 is 0 Å². The summed E-state index contributed by atoms with van der Waals surface area (Å²) in [5.41, 5.74) is 0. The molecular formula is C14H26O. The van der Waals surface area contributed by atoms with Crippen molar-refractivity contribution in [1.82, 2.24) is 0 Å². The highest BCUT2D eigenvalue weighted by Gasteiger charge is 2.32. The van der Waals surface area contributed by atoms with E-state index in [0.29, 0.717) is 11.8 Å². The number of rotatable bonds is 2. The molecule has 0 aliphatic heterocycles. The van der Waals surface area contributed by atoms with Gasteiger partial charge in [-0.05, 0) is 43.4 Å². The highest BCUT2D eigenvalue weighted by Crippen LogP contribution is 2.38. The van der Waals surface area contributed by atoms with Gasteiger partial charge in [0.2, 0.25) is 0 Å². The monoisotopic (exact) mass is 210 g/mol. The van der Waals surface area contributed by atoms with E-state index in [-0.39, 0.29) is 6.10 Å². The van der Waals surface area contributed by atoms with Crippen LogP contribution in [-0.2, 0) is 0 Å². The molecule has 0 heterocycles. The summed E-state index contributed by atoms with van der Waals surface area (Å²) in [6.45, 7) is 2.33. The second-order valence-electron chi connectivity index (χ2n) is 5.92. The van der Waals surface area contributed by atoms with E-state index in [9.17, 15) is 5.11 Å². The van der Waals surface area contributed by atoms with Gasteiger partial charge >= 0.3 is 0 Å². The Hall–Kier alpha value is -0.0400. The molecule has 1 N–H and O–H groups in total. The van der Waals surface area contributed by atoms with Crippen LogP contribution in [0.2, 0.25) is 0 Å². The van der Waals surface area contributed by atoms with Gasteiger partial charge in [0.05, 0.1) is 6.10 Å². The van der Waals surface area contributed by atoms with Gasteiger partial charge in [-0.3, -0.25) is 0 Å².